The predicted molar refractivity (Wildman–Crippen MR) is 164 cm³/mol. The highest BCUT2D eigenvalue weighted by molar-refractivity contribution is 14.1. The molecule has 0 N–H and O–H groups in total. The zero-order chi connectivity index (χ0) is 28.0. The Morgan fingerprint density at radius 2 is 1.79 bits per heavy atom. The third-order valence-corrected chi connectivity index (χ3v) is 9.23. The van der Waals surface area contributed by atoms with Gasteiger partial charge in [-0.2, -0.15) is 0 Å². The van der Waals surface area contributed by atoms with E-state index in [1.54, 1.807) is 18.4 Å². The Morgan fingerprint density at radius 3 is 2.46 bits per heavy atom. The minimum atomic E-state index is -0.606. The lowest BCUT2D eigenvalue weighted by molar-refractivity contribution is -0.139. The van der Waals surface area contributed by atoms with Crippen molar-refractivity contribution < 1.29 is 9.53 Å². The van der Waals surface area contributed by atoms with E-state index in [9.17, 15) is 9.59 Å². The molecule has 5 rings (SSSR count). The van der Waals surface area contributed by atoms with E-state index in [0.717, 1.165) is 33.8 Å². The maximum Gasteiger partial charge on any atom is 0.338 e. The highest BCUT2D eigenvalue weighted by Crippen LogP contribution is 2.31. The van der Waals surface area contributed by atoms with Gasteiger partial charge in [-0.15, -0.1) is 0 Å². The molecule has 2 aromatic carbocycles. The Morgan fingerprint density at radius 1 is 1.08 bits per heavy atom. The molecule has 0 spiro atoms. The van der Waals surface area contributed by atoms with Crippen LogP contribution in [0.2, 0.25) is 0 Å². The molecule has 0 fully saturated rings. The van der Waals surface area contributed by atoms with Crippen LogP contribution in [0.3, 0.4) is 0 Å². The van der Waals surface area contributed by atoms with Gasteiger partial charge in [-0.25, -0.2) is 9.79 Å². The molecule has 0 amide bonds. The third-order valence-electron chi connectivity index (χ3n) is 7.08. The number of fused-ring (bicyclic) bond motifs is 1. The van der Waals surface area contributed by atoms with Gasteiger partial charge in [-0.3, -0.25) is 9.36 Å². The van der Waals surface area contributed by atoms with Crippen molar-refractivity contribution >= 4 is 46.0 Å². The maximum atomic E-state index is 14.0. The molecule has 0 bridgehead atoms. The fourth-order valence-corrected chi connectivity index (χ4v) is 6.59. The number of aryl methyl sites for hydroxylation is 3. The van der Waals surface area contributed by atoms with E-state index in [1.807, 2.05) is 37.3 Å². The van der Waals surface area contributed by atoms with Gasteiger partial charge in [0.1, 0.15) is 0 Å². The molecule has 39 heavy (non-hydrogen) atoms. The first-order valence-electron chi connectivity index (χ1n) is 12.8. The van der Waals surface area contributed by atoms with E-state index in [4.69, 9.17) is 9.73 Å². The van der Waals surface area contributed by atoms with Gasteiger partial charge in [0.15, 0.2) is 4.80 Å². The van der Waals surface area contributed by atoms with Gasteiger partial charge >= 0.3 is 5.97 Å². The quantitative estimate of drug-likeness (QED) is 0.214. The Balaban J connectivity index is 1.68. The smallest absolute Gasteiger partial charge is 0.338 e. The first kappa shape index (κ1) is 27.3. The van der Waals surface area contributed by atoms with Gasteiger partial charge < -0.3 is 9.30 Å². The lowest BCUT2D eigenvalue weighted by Crippen LogP contribution is -2.39. The van der Waals surface area contributed by atoms with Gasteiger partial charge in [0.25, 0.3) is 5.56 Å². The molecule has 1 atom stereocenters. The van der Waals surface area contributed by atoms with Crippen LogP contribution in [0.15, 0.2) is 69.6 Å². The topological polar surface area (TPSA) is 65.6 Å². The minimum Gasteiger partial charge on any atom is -0.463 e. The molecule has 3 heterocycles. The maximum absolute atomic E-state index is 14.0. The molecule has 0 saturated carbocycles. The molecule has 0 saturated heterocycles. The van der Waals surface area contributed by atoms with Crippen LogP contribution >= 0.6 is 33.9 Å². The number of thiazole rings is 1. The second kappa shape index (κ2) is 10.7. The summed E-state index contributed by atoms with van der Waals surface area (Å²) in [6.07, 6.45) is 1.94. The number of halogens is 1. The number of hydrogen-bond donors (Lipinski definition) is 0. The van der Waals surface area contributed by atoms with Crippen molar-refractivity contribution in [2.75, 3.05) is 6.61 Å². The number of nitrogens with zero attached hydrogens (tertiary/aromatic N) is 3. The number of benzene rings is 2. The Bertz CT molecular complexity index is 1820. The molecule has 200 valence electrons. The number of aromatic nitrogens is 2. The standard InChI is InChI=1S/C31H30IN3O3S/c1-7-38-30(37)27-20(5)33-31-35(28(27)22-11-8-17(2)9-12-22)29(36)26(39-31)15-23-14-19(4)34(21(23)6)24-13-10-18(3)25(32)16-24/h8-16,28H,7H2,1-6H3/b26-15-/t28-/m1/s1. The Hall–Kier alpha value is -3.24. The van der Waals surface area contributed by atoms with Crippen molar-refractivity contribution in [3.05, 3.63) is 117 Å². The molecular formula is C31H30IN3O3S. The lowest BCUT2D eigenvalue weighted by atomic mass is 9.95. The highest BCUT2D eigenvalue weighted by Gasteiger charge is 2.33. The number of allylic oxidation sites excluding steroid dienone is 1. The first-order chi connectivity index (χ1) is 18.6. The van der Waals surface area contributed by atoms with E-state index in [0.29, 0.717) is 20.6 Å². The van der Waals surface area contributed by atoms with Gasteiger partial charge in [-0.05, 0) is 105 Å². The number of hydrogen-bond acceptors (Lipinski definition) is 5. The average molecular weight is 652 g/mol. The molecular weight excluding hydrogens is 621 g/mol. The van der Waals surface area contributed by atoms with E-state index in [2.05, 4.69) is 72.2 Å². The molecule has 0 aliphatic carbocycles. The van der Waals surface area contributed by atoms with Crippen molar-refractivity contribution in [2.24, 2.45) is 4.99 Å². The van der Waals surface area contributed by atoms with Crippen molar-refractivity contribution in [3.8, 4) is 5.69 Å². The summed E-state index contributed by atoms with van der Waals surface area (Å²) in [7, 11) is 0. The molecule has 6 nitrogen and oxygen atoms in total. The number of ether oxygens (including phenoxy) is 1. The van der Waals surface area contributed by atoms with Crippen LogP contribution in [0.4, 0.5) is 0 Å². The first-order valence-corrected chi connectivity index (χ1v) is 14.7. The number of esters is 1. The molecule has 1 aliphatic rings. The van der Waals surface area contributed by atoms with Crippen LogP contribution in [0, 0.1) is 31.3 Å². The number of rotatable bonds is 5. The highest BCUT2D eigenvalue weighted by atomic mass is 127. The van der Waals surface area contributed by atoms with Crippen LogP contribution in [0.25, 0.3) is 11.8 Å². The molecule has 4 aromatic rings. The molecule has 0 radical (unpaired) electrons. The van der Waals surface area contributed by atoms with Crippen molar-refractivity contribution in [1.82, 2.24) is 9.13 Å². The Kier molecular flexibility index (Phi) is 7.52. The molecule has 0 unspecified atom stereocenters. The second-order valence-electron chi connectivity index (χ2n) is 9.81. The number of carbonyl (C=O) groups is 1. The van der Waals surface area contributed by atoms with Crippen LogP contribution in [-0.4, -0.2) is 21.7 Å². The predicted octanol–water partition coefficient (Wildman–Crippen LogP) is 5.43. The van der Waals surface area contributed by atoms with E-state index < -0.39 is 12.0 Å². The third kappa shape index (κ3) is 4.96. The molecule has 1 aliphatic heterocycles. The van der Waals surface area contributed by atoms with E-state index in [1.165, 1.54) is 20.5 Å². The summed E-state index contributed by atoms with van der Waals surface area (Å²) < 4.78 is 11.0. The summed E-state index contributed by atoms with van der Waals surface area (Å²) in [6.45, 7) is 12.1. The van der Waals surface area contributed by atoms with Gasteiger partial charge in [-0.1, -0.05) is 47.2 Å². The average Bonchev–Trinajstić information content (AvgIpc) is 3.35. The van der Waals surface area contributed by atoms with Crippen molar-refractivity contribution in [2.45, 2.75) is 47.6 Å². The molecule has 8 heteroatoms. The summed E-state index contributed by atoms with van der Waals surface area (Å²) in [6, 6.07) is 15.8. The van der Waals surface area contributed by atoms with E-state index >= 15 is 0 Å². The van der Waals surface area contributed by atoms with Gasteiger partial charge in [0, 0.05) is 20.6 Å². The zero-order valence-electron chi connectivity index (χ0n) is 22.8. The van der Waals surface area contributed by atoms with Crippen LogP contribution in [-0.2, 0) is 9.53 Å². The van der Waals surface area contributed by atoms with Crippen LogP contribution in [0.5, 0.6) is 0 Å². The summed E-state index contributed by atoms with van der Waals surface area (Å²) >= 11 is 3.71. The van der Waals surface area contributed by atoms with Gasteiger partial charge in [0.05, 0.1) is 28.5 Å². The van der Waals surface area contributed by atoms with Crippen LogP contribution in [0.1, 0.15) is 53.5 Å². The van der Waals surface area contributed by atoms with Gasteiger partial charge in [0.2, 0.25) is 0 Å². The fraction of sp³-hybridized carbons (Fsp3) is 0.258. The normalized spacial score (nSPS) is 15.4. The summed E-state index contributed by atoms with van der Waals surface area (Å²) in [5.41, 5.74) is 8.18. The fourth-order valence-electron chi connectivity index (χ4n) is 5.05. The summed E-state index contributed by atoms with van der Waals surface area (Å²) in [5, 5.41) is 0. The van der Waals surface area contributed by atoms with Crippen molar-refractivity contribution in [3.63, 3.8) is 0 Å². The monoisotopic (exact) mass is 651 g/mol. The minimum absolute atomic E-state index is 0.173. The molecule has 2 aromatic heterocycles. The SMILES string of the molecule is CCOC(=O)C1=C(C)N=c2s/c(=C\c3cc(C)n(-c4ccc(C)c(I)c4)c3C)c(=O)n2[C@@H]1c1ccc(C)cc1. The Labute approximate surface area is 245 Å². The number of carbonyl (C=O) groups excluding carboxylic acids is 1. The largest absolute Gasteiger partial charge is 0.463 e. The second-order valence-corrected chi connectivity index (χ2v) is 12.0. The van der Waals surface area contributed by atoms with Crippen LogP contribution < -0.4 is 14.9 Å². The van der Waals surface area contributed by atoms with E-state index in [-0.39, 0.29) is 12.2 Å². The zero-order valence-corrected chi connectivity index (χ0v) is 25.8. The summed E-state index contributed by atoms with van der Waals surface area (Å²) in [5.74, 6) is -0.449. The lowest BCUT2D eigenvalue weighted by Gasteiger charge is -2.24. The summed E-state index contributed by atoms with van der Waals surface area (Å²) in [4.78, 5) is 32.3. The van der Waals surface area contributed by atoms with Crippen molar-refractivity contribution in [1.29, 1.82) is 0 Å².